The molecule has 0 spiro atoms. The van der Waals surface area contributed by atoms with Gasteiger partial charge in [0.25, 0.3) is 0 Å². The van der Waals surface area contributed by atoms with Crippen molar-refractivity contribution in [1.29, 1.82) is 0 Å². The van der Waals surface area contributed by atoms with Crippen LogP contribution in [0.5, 0.6) is 0 Å². The third kappa shape index (κ3) is 4.76. The summed E-state index contributed by atoms with van der Waals surface area (Å²) in [4.78, 5) is 8.93. The van der Waals surface area contributed by atoms with E-state index in [0.717, 1.165) is 36.8 Å². The van der Waals surface area contributed by atoms with Crippen molar-refractivity contribution in [2.45, 2.75) is 6.54 Å². The molecule has 2 heterocycles. The largest absolute Gasteiger partial charge is 0.370 e. The first-order valence-electron chi connectivity index (χ1n) is 7.65. The maximum Gasteiger partial charge on any atom is 0.191 e. The van der Waals surface area contributed by atoms with Crippen molar-refractivity contribution in [1.82, 2.24) is 14.7 Å². The number of nitrogens with two attached hydrogens (primary N) is 1. The highest BCUT2D eigenvalue weighted by atomic mass is 127. The fourth-order valence-electron chi connectivity index (χ4n) is 2.67. The van der Waals surface area contributed by atoms with Gasteiger partial charge in [0.15, 0.2) is 5.96 Å². The van der Waals surface area contributed by atoms with Gasteiger partial charge in [-0.1, -0.05) is 11.6 Å². The van der Waals surface area contributed by atoms with E-state index in [-0.39, 0.29) is 24.0 Å². The lowest BCUT2D eigenvalue weighted by atomic mass is 10.2. The second kappa shape index (κ2) is 8.57. The predicted octanol–water partition coefficient (Wildman–Crippen LogP) is 2.33. The lowest BCUT2D eigenvalue weighted by molar-refractivity contribution is 0.380. The van der Waals surface area contributed by atoms with Crippen molar-refractivity contribution in [2.24, 2.45) is 17.8 Å². The Morgan fingerprint density at radius 3 is 2.46 bits per heavy atom. The Labute approximate surface area is 164 Å². The Bertz CT molecular complexity index is 676. The van der Waals surface area contributed by atoms with E-state index >= 15 is 0 Å². The predicted molar refractivity (Wildman–Crippen MR) is 109 cm³/mol. The minimum Gasteiger partial charge on any atom is -0.370 e. The molecule has 0 radical (unpaired) electrons. The summed E-state index contributed by atoms with van der Waals surface area (Å²) in [5.41, 5.74) is 8.38. The number of guanidine groups is 1. The average Bonchev–Trinajstić information content (AvgIpc) is 2.99. The molecule has 130 valence electrons. The lowest BCUT2D eigenvalue weighted by Gasteiger charge is -2.36. The van der Waals surface area contributed by atoms with E-state index in [0.29, 0.717) is 12.5 Å². The first-order valence-corrected chi connectivity index (χ1v) is 8.02. The van der Waals surface area contributed by atoms with Gasteiger partial charge in [-0.05, 0) is 24.3 Å². The molecular formula is C16H22ClIN6. The summed E-state index contributed by atoms with van der Waals surface area (Å²) in [7, 11) is 1.90. The molecule has 1 aromatic carbocycles. The van der Waals surface area contributed by atoms with Crippen LogP contribution in [-0.2, 0) is 13.6 Å². The normalized spacial score (nSPS) is 15.3. The van der Waals surface area contributed by atoms with Gasteiger partial charge in [0.1, 0.15) is 0 Å². The van der Waals surface area contributed by atoms with Crippen LogP contribution in [0, 0.1) is 0 Å². The second-order valence-corrected chi connectivity index (χ2v) is 6.08. The standard InChI is InChI=1S/C16H21ClN6.HI/c1-21-12-13(11-20-21)10-19-16(18)23-8-6-22(7-9-23)15-4-2-14(17)3-5-15;/h2-5,11-12H,6-10H2,1H3,(H2,18,19);1H. The van der Waals surface area contributed by atoms with Gasteiger partial charge in [-0.15, -0.1) is 24.0 Å². The van der Waals surface area contributed by atoms with E-state index in [4.69, 9.17) is 17.3 Å². The Morgan fingerprint density at radius 2 is 1.88 bits per heavy atom. The Kier molecular flexibility index (Phi) is 6.73. The summed E-state index contributed by atoms with van der Waals surface area (Å²) in [5, 5.41) is 4.90. The highest BCUT2D eigenvalue weighted by molar-refractivity contribution is 14.0. The van der Waals surface area contributed by atoms with E-state index in [1.54, 1.807) is 4.68 Å². The van der Waals surface area contributed by atoms with Crippen molar-refractivity contribution in [2.75, 3.05) is 31.1 Å². The molecule has 1 aromatic heterocycles. The van der Waals surface area contributed by atoms with Crippen LogP contribution in [0.4, 0.5) is 5.69 Å². The third-order valence-electron chi connectivity index (χ3n) is 3.98. The molecule has 1 aliphatic rings. The molecule has 0 amide bonds. The molecule has 0 unspecified atom stereocenters. The van der Waals surface area contributed by atoms with Gasteiger partial charge >= 0.3 is 0 Å². The number of aryl methyl sites for hydroxylation is 1. The third-order valence-corrected chi connectivity index (χ3v) is 4.23. The molecule has 0 atom stereocenters. The fraction of sp³-hybridized carbons (Fsp3) is 0.375. The van der Waals surface area contributed by atoms with Gasteiger partial charge in [0.2, 0.25) is 0 Å². The van der Waals surface area contributed by atoms with Gasteiger partial charge in [-0.25, -0.2) is 4.99 Å². The number of nitrogens with zero attached hydrogens (tertiary/aromatic N) is 5. The summed E-state index contributed by atoms with van der Waals surface area (Å²) in [6.45, 7) is 4.14. The molecule has 2 aromatic rings. The molecule has 0 saturated carbocycles. The number of rotatable bonds is 3. The molecule has 0 bridgehead atoms. The summed E-state index contributed by atoms with van der Waals surface area (Å²) in [5.74, 6) is 0.601. The highest BCUT2D eigenvalue weighted by Crippen LogP contribution is 2.19. The number of piperazine rings is 1. The van der Waals surface area contributed by atoms with E-state index in [1.165, 1.54) is 5.69 Å². The fourth-order valence-corrected chi connectivity index (χ4v) is 2.80. The SMILES string of the molecule is Cn1cc(CN=C(N)N2CCN(c3ccc(Cl)cc3)CC2)cn1.I. The number of halogens is 2. The van der Waals surface area contributed by atoms with Crippen LogP contribution in [0.25, 0.3) is 0 Å². The van der Waals surface area contributed by atoms with Crippen LogP contribution in [0.3, 0.4) is 0 Å². The molecule has 0 aliphatic carbocycles. The molecule has 6 nitrogen and oxygen atoms in total. The van der Waals surface area contributed by atoms with Crippen LogP contribution in [0.1, 0.15) is 5.56 Å². The van der Waals surface area contributed by atoms with E-state index < -0.39 is 0 Å². The van der Waals surface area contributed by atoms with Gasteiger partial charge in [0.05, 0.1) is 12.7 Å². The summed E-state index contributed by atoms with van der Waals surface area (Å²) in [6, 6.07) is 7.95. The minimum absolute atomic E-state index is 0. The second-order valence-electron chi connectivity index (χ2n) is 5.65. The van der Waals surface area contributed by atoms with Crippen LogP contribution in [0.15, 0.2) is 41.7 Å². The Hall–Kier alpha value is -1.48. The maximum atomic E-state index is 6.12. The zero-order valence-corrected chi connectivity index (χ0v) is 16.7. The smallest absolute Gasteiger partial charge is 0.191 e. The van der Waals surface area contributed by atoms with Crippen LogP contribution < -0.4 is 10.6 Å². The summed E-state index contributed by atoms with van der Waals surface area (Å²) >= 11 is 5.94. The minimum atomic E-state index is 0. The van der Waals surface area contributed by atoms with Gasteiger partial charge in [-0.3, -0.25) is 4.68 Å². The van der Waals surface area contributed by atoms with E-state index in [2.05, 4.69) is 32.0 Å². The molecule has 1 saturated heterocycles. The number of aliphatic imine (C=N–C) groups is 1. The van der Waals surface area contributed by atoms with Crippen LogP contribution in [-0.4, -0.2) is 46.8 Å². The van der Waals surface area contributed by atoms with Gasteiger partial charge in [0, 0.05) is 55.7 Å². The van der Waals surface area contributed by atoms with Crippen LogP contribution in [0.2, 0.25) is 5.02 Å². The van der Waals surface area contributed by atoms with Crippen molar-refractivity contribution < 1.29 is 0 Å². The van der Waals surface area contributed by atoms with E-state index in [9.17, 15) is 0 Å². The van der Waals surface area contributed by atoms with E-state index in [1.807, 2.05) is 31.6 Å². The number of benzene rings is 1. The van der Waals surface area contributed by atoms with Crippen molar-refractivity contribution in [3.05, 3.63) is 47.2 Å². The van der Waals surface area contributed by atoms with Gasteiger partial charge < -0.3 is 15.5 Å². The Morgan fingerprint density at radius 1 is 1.21 bits per heavy atom. The first-order chi connectivity index (χ1) is 11.1. The van der Waals surface area contributed by atoms with Gasteiger partial charge in [-0.2, -0.15) is 5.10 Å². The summed E-state index contributed by atoms with van der Waals surface area (Å²) < 4.78 is 1.77. The van der Waals surface area contributed by atoms with Crippen molar-refractivity contribution in [3.63, 3.8) is 0 Å². The lowest BCUT2D eigenvalue weighted by Crippen LogP contribution is -2.51. The Balaban J connectivity index is 0.00000208. The highest BCUT2D eigenvalue weighted by Gasteiger charge is 2.18. The molecule has 2 N–H and O–H groups in total. The topological polar surface area (TPSA) is 62.7 Å². The average molecular weight is 461 g/mol. The zero-order chi connectivity index (χ0) is 16.2. The molecule has 1 aliphatic heterocycles. The molecule has 1 fully saturated rings. The molecular weight excluding hydrogens is 439 g/mol. The quantitative estimate of drug-likeness (QED) is 0.434. The number of aromatic nitrogens is 2. The van der Waals surface area contributed by atoms with Crippen LogP contribution >= 0.6 is 35.6 Å². The number of hydrogen-bond acceptors (Lipinski definition) is 3. The molecule has 8 heteroatoms. The zero-order valence-electron chi connectivity index (χ0n) is 13.6. The van der Waals surface area contributed by atoms with Crippen molar-refractivity contribution >= 4 is 47.2 Å². The maximum absolute atomic E-state index is 6.12. The number of anilines is 1. The molecule has 3 rings (SSSR count). The summed E-state index contributed by atoms with van der Waals surface area (Å²) in [6.07, 6.45) is 3.77. The van der Waals surface area contributed by atoms with Crippen molar-refractivity contribution in [3.8, 4) is 0 Å². The molecule has 24 heavy (non-hydrogen) atoms. The number of hydrogen-bond donors (Lipinski definition) is 1. The monoisotopic (exact) mass is 460 g/mol. The first kappa shape index (κ1) is 18.9.